The molecule has 2 heterocycles. The van der Waals surface area contributed by atoms with Crippen LogP contribution in [0.2, 0.25) is 0 Å². The average molecular weight is 262 g/mol. The maximum Gasteiger partial charge on any atom is 0.261 e. The number of thiazole rings is 1. The standard InChI is InChI=1S/C11H16F2N2OS/c12-10(13)6-16-5-3-11-15-9(7-17-11)8-2-1-4-14-8/h7-8,10,14H,1-6H2/t8-/m1/s1. The third-order valence-corrected chi connectivity index (χ3v) is 3.62. The first-order valence-electron chi connectivity index (χ1n) is 5.79. The molecule has 0 spiro atoms. The molecule has 1 aliphatic rings. The van der Waals surface area contributed by atoms with Gasteiger partial charge >= 0.3 is 0 Å². The summed E-state index contributed by atoms with van der Waals surface area (Å²) in [4.78, 5) is 4.50. The van der Waals surface area contributed by atoms with Crippen LogP contribution in [-0.4, -0.2) is 31.2 Å². The summed E-state index contributed by atoms with van der Waals surface area (Å²) in [6.07, 6.45) is 0.550. The van der Waals surface area contributed by atoms with E-state index in [1.807, 2.05) is 5.38 Å². The summed E-state index contributed by atoms with van der Waals surface area (Å²) < 4.78 is 28.5. The van der Waals surface area contributed by atoms with Gasteiger partial charge in [-0.15, -0.1) is 11.3 Å². The Morgan fingerprint density at radius 2 is 2.47 bits per heavy atom. The Hall–Kier alpha value is -0.590. The molecular weight excluding hydrogens is 246 g/mol. The van der Waals surface area contributed by atoms with Crippen molar-refractivity contribution in [2.75, 3.05) is 19.8 Å². The molecule has 0 aromatic carbocycles. The van der Waals surface area contributed by atoms with Gasteiger partial charge in [0.1, 0.15) is 6.61 Å². The zero-order valence-electron chi connectivity index (χ0n) is 9.49. The van der Waals surface area contributed by atoms with Gasteiger partial charge in [-0.25, -0.2) is 13.8 Å². The Balaban J connectivity index is 1.74. The molecular formula is C11H16F2N2OS. The highest BCUT2D eigenvalue weighted by Crippen LogP contribution is 2.24. The van der Waals surface area contributed by atoms with Gasteiger partial charge in [-0.1, -0.05) is 0 Å². The van der Waals surface area contributed by atoms with Crippen LogP contribution in [-0.2, 0) is 11.2 Å². The van der Waals surface area contributed by atoms with Crippen LogP contribution >= 0.6 is 11.3 Å². The number of hydrogen-bond acceptors (Lipinski definition) is 4. The van der Waals surface area contributed by atoms with Gasteiger partial charge in [0.15, 0.2) is 0 Å². The summed E-state index contributed by atoms with van der Waals surface area (Å²) in [5.74, 6) is 0. The highest BCUT2D eigenvalue weighted by molar-refractivity contribution is 7.09. The summed E-state index contributed by atoms with van der Waals surface area (Å²) >= 11 is 1.58. The van der Waals surface area contributed by atoms with E-state index in [-0.39, 0.29) is 0 Å². The van der Waals surface area contributed by atoms with Crippen LogP contribution in [0.15, 0.2) is 5.38 Å². The quantitative estimate of drug-likeness (QED) is 0.799. The van der Waals surface area contributed by atoms with Gasteiger partial charge in [0.25, 0.3) is 6.43 Å². The average Bonchev–Trinajstić information content (AvgIpc) is 2.94. The molecule has 2 rings (SSSR count). The first kappa shape index (κ1) is 12.9. The van der Waals surface area contributed by atoms with Gasteiger partial charge < -0.3 is 10.1 Å². The smallest absolute Gasteiger partial charge is 0.261 e. The van der Waals surface area contributed by atoms with Gasteiger partial charge in [0.05, 0.1) is 23.4 Å². The van der Waals surface area contributed by atoms with Crippen LogP contribution < -0.4 is 5.32 Å². The van der Waals surface area contributed by atoms with Crippen molar-refractivity contribution in [3.8, 4) is 0 Å². The monoisotopic (exact) mass is 262 g/mol. The minimum atomic E-state index is -2.38. The second-order valence-corrected chi connectivity index (χ2v) is 4.97. The van der Waals surface area contributed by atoms with Crippen molar-refractivity contribution in [1.82, 2.24) is 10.3 Å². The van der Waals surface area contributed by atoms with Crippen molar-refractivity contribution in [2.24, 2.45) is 0 Å². The molecule has 0 bridgehead atoms. The third kappa shape index (κ3) is 3.97. The number of rotatable bonds is 6. The van der Waals surface area contributed by atoms with Gasteiger partial charge in [0, 0.05) is 11.8 Å². The number of alkyl halides is 2. The first-order valence-corrected chi connectivity index (χ1v) is 6.67. The van der Waals surface area contributed by atoms with E-state index in [1.165, 1.54) is 6.42 Å². The van der Waals surface area contributed by atoms with Crippen LogP contribution in [0.25, 0.3) is 0 Å². The van der Waals surface area contributed by atoms with Gasteiger partial charge in [-0.05, 0) is 19.4 Å². The Morgan fingerprint density at radius 1 is 1.59 bits per heavy atom. The Kier molecular flexibility index (Phi) is 4.82. The molecule has 1 N–H and O–H groups in total. The number of nitrogens with one attached hydrogen (secondary N) is 1. The second-order valence-electron chi connectivity index (χ2n) is 4.03. The van der Waals surface area contributed by atoms with Crippen molar-refractivity contribution in [3.63, 3.8) is 0 Å². The fraction of sp³-hybridized carbons (Fsp3) is 0.727. The number of ether oxygens (including phenoxy) is 1. The lowest BCUT2D eigenvalue weighted by Gasteiger charge is -2.05. The van der Waals surface area contributed by atoms with Crippen LogP contribution in [0.4, 0.5) is 8.78 Å². The van der Waals surface area contributed by atoms with Crippen LogP contribution in [0.3, 0.4) is 0 Å². The van der Waals surface area contributed by atoms with E-state index < -0.39 is 13.0 Å². The van der Waals surface area contributed by atoms with Crippen LogP contribution in [0.1, 0.15) is 29.6 Å². The molecule has 1 aliphatic heterocycles. The Bertz CT molecular complexity index is 340. The van der Waals surface area contributed by atoms with Crippen molar-refractivity contribution in [3.05, 3.63) is 16.1 Å². The molecule has 1 saturated heterocycles. The molecule has 0 saturated carbocycles. The molecule has 1 fully saturated rings. The molecule has 0 amide bonds. The molecule has 1 aromatic heterocycles. The highest BCUT2D eigenvalue weighted by atomic mass is 32.1. The molecule has 1 aromatic rings. The second kappa shape index (κ2) is 6.37. The third-order valence-electron chi connectivity index (χ3n) is 2.69. The normalized spacial score (nSPS) is 20.3. The fourth-order valence-electron chi connectivity index (χ4n) is 1.87. The maximum atomic E-state index is 11.8. The van der Waals surface area contributed by atoms with E-state index in [0.717, 1.165) is 23.7 Å². The zero-order valence-corrected chi connectivity index (χ0v) is 10.3. The predicted molar refractivity (Wildman–Crippen MR) is 62.6 cm³/mol. The summed E-state index contributed by atoms with van der Waals surface area (Å²) in [6.45, 7) is 0.882. The molecule has 0 radical (unpaired) electrons. The lowest BCUT2D eigenvalue weighted by Crippen LogP contribution is -2.13. The van der Waals surface area contributed by atoms with E-state index >= 15 is 0 Å². The maximum absolute atomic E-state index is 11.8. The van der Waals surface area contributed by atoms with Gasteiger partial charge in [-0.3, -0.25) is 0 Å². The van der Waals surface area contributed by atoms with Gasteiger partial charge in [0.2, 0.25) is 0 Å². The summed E-state index contributed by atoms with van der Waals surface area (Å²) in [5, 5.41) is 6.39. The minimum absolute atomic E-state index is 0.315. The molecule has 0 unspecified atom stereocenters. The molecule has 96 valence electrons. The molecule has 1 atom stereocenters. The van der Waals surface area contributed by atoms with Gasteiger partial charge in [-0.2, -0.15) is 0 Å². The molecule has 0 aliphatic carbocycles. The predicted octanol–water partition coefficient (Wildman–Crippen LogP) is 2.39. The van der Waals surface area contributed by atoms with E-state index in [9.17, 15) is 8.78 Å². The SMILES string of the molecule is FC(F)COCCc1nc([C@H]2CCCN2)cs1. The summed E-state index contributed by atoms with van der Waals surface area (Å²) in [6, 6.07) is 0.377. The minimum Gasteiger partial charge on any atom is -0.375 e. The van der Waals surface area contributed by atoms with Crippen molar-refractivity contribution in [2.45, 2.75) is 31.7 Å². The summed E-state index contributed by atoms with van der Waals surface area (Å²) in [7, 11) is 0. The molecule has 6 heteroatoms. The lowest BCUT2D eigenvalue weighted by atomic mass is 10.2. The Labute approximate surface area is 103 Å². The van der Waals surface area contributed by atoms with E-state index in [2.05, 4.69) is 10.3 Å². The first-order chi connectivity index (χ1) is 8.25. The van der Waals surface area contributed by atoms with Crippen LogP contribution in [0.5, 0.6) is 0 Å². The zero-order chi connectivity index (χ0) is 12.1. The van der Waals surface area contributed by atoms with E-state index in [1.54, 1.807) is 11.3 Å². The topological polar surface area (TPSA) is 34.1 Å². The van der Waals surface area contributed by atoms with E-state index in [0.29, 0.717) is 19.1 Å². The van der Waals surface area contributed by atoms with Crippen molar-refractivity contribution >= 4 is 11.3 Å². The van der Waals surface area contributed by atoms with Crippen molar-refractivity contribution in [1.29, 1.82) is 0 Å². The van der Waals surface area contributed by atoms with Crippen LogP contribution in [0, 0.1) is 0 Å². The number of nitrogens with zero attached hydrogens (tertiary/aromatic N) is 1. The lowest BCUT2D eigenvalue weighted by molar-refractivity contribution is 0.0187. The number of hydrogen-bond donors (Lipinski definition) is 1. The summed E-state index contributed by atoms with van der Waals surface area (Å²) in [5.41, 5.74) is 1.08. The van der Waals surface area contributed by atoms with Crippen molar-refractivity contribution < 1.29 is 13.5 Å². The number of aromatic nitrogens is 1. The van der Waals surface area contributed by atoms with E-state index in [4.69, 9.17) is 4.74 Å². The largest absolute Gasteiger partial charge is 0.375 e. The Morgan fingerprint density at radius 3 is 3.18 bits per heavy atom. The fourth-order valence-corrected chi connectivity index (χ4v) is 2.70. The molecule has 3 nitrogen and oxygen atoms in total. The molecule has 17 heavy (non-hydrogen) atoms. The highest BCUT2D eigenvalue weighted by Gasteiger charge is 2.18. The number of halogens is 2.